The van der Waals surface area contributed by atoms with E-state index in [4.69, 9.17) is 0 Å². The molecular formula is C11H16N2O. The number of aliphatic hydroxyl groups excluding tert-OH is 1. The number of rotatable bonds is 1. The van der Waals surface area contributed by atoms with Crippen LogP contribution < -0.4 is 5.01 Å². The summed E-state index contributed by atoms with van der Waals surface area (Å²) in [5.41, 5.74) is 1.14. The molecule has 76 valence electrons. The Hall–Kier alpha value is -1.06. The average molecular weight is 192 g/mol. The fraction of sp³-hybridized carbons (Fsp3) is 0.455. The van der Waals surface area contributed by atoms with Crippen LogP contribution in [0.1, 0.15) is 13.3 Å². The van der Waals surface area contributed by atoms with E-state index >= 15 is 0 Å². The first-order valence-electron chi connectivity index (χ1n) is 4.95. The molecule has 0 bridgehead atoms. The monoisotopic (exact) mass is 192 g/mol. The van der Waals surface area contributed by atoms with Gasteiger partial charge in [0.2, 0.25) is 0 Å². The topological polar surface area (TPSA) is 26.7 Å². The van der Waals surface area contributed by atoms with Crippen molar-refractivity contribution < 1.29 is 5.11 Å². The first-order chi connectivity index (χ1) is 6.70. The summed E-state index contributed by atoms with van der Waals surface area (Å²) in [6, 6.07) is 10.5. The highest BCUT2D eigenvalue weighted by molar-refractivity contribution is 5.46. The number of hydrogen-bond donors (Lipinski definition) is 1. The fourth-order valence-electron chi connectivity index (χ4n) is 2.03. The van der Waals surface area contributed by atoms with Crippen LogP contribution in [0.3, 0.4) is 0 Å². The van der Waals surface area contributed by atoms with Crippen LogP contribution >= 0.6 is 0 Å². The molecule has 3 heteroatoms. The lowest BCUT2D eigenvalue weighted by molar-refractivity contribution is 0.0504. The van der Waals surface area contributed by atoms with Crippen molar-refractivity contribution in [1.82, 2.24) is 5.01 Å². The standard InChI is InChI=1S/C11H16N2O/c1-9-8-11(14)12(2)13(9)10-6-4-3-5-7-10/h3-7,9,11,14H,8H2,1-2H3. The quantitative estimate of drug-likeness (QED) is 0.729. The molecule has 0 aromatic heterocycles. The van der Waals surface area contributed by atoms with E-state index in [1.807, 2.05) is 30.3 Å². The molecule has 2 unspecified atom stereocenters. The molecular weight excluding hydrogens is 176 g/mol. The van der Waals surface area contributed by atoms with E-state index in [9.17, 15) is 5.11 Å². The van der Waals surface area contributed by atoms with Gasteiger partial charge in [-0.2, -0.15) is 5.01 Å². The molecule has 1 N–H and O–H groups in total. The molecule has 3 nitrogen and oxygen atoms in total. The molecule has 1 saturated heterocycles. The third-order valence-electron chi connectivity index (χ3n) is 2.76. The second-order valence-electron chi connectivity index (χ2n) is 3.82. The number of aliphatic hydroxyl groups is 1. The Morgan fingerprint density at radius 1 is 1.29 bits per heavy atom. The van der Waals surface area contributed by atoms with E-state index in [-0.39, 0.29) is 6.23 Å². The van der Waals surface area contributed by atoms with E-state index in [1.165, 1.54) is 0 Å². The van der Waals surface area contributed by atoms with Gasteiger partial charge < -0.3 is 10.1 Å². The highest BCUT2D eigenvalue weighted by atomic mass is 16.3. The van der Waals surface area contributed by atoms with Crippen LogP contribution in [-0.4, -0.2) is 29.4 Å². The lowest BCUT2D eigenvalue weighted by atomic mass is 10.2. The zero-order chi connectivity index (χ0) is 10.1. The van der Waals surface area contributed by atoms with Crippen molar-refractivity contribution in [2.24, 2.45) is 0 Å². The third-order valence-corrected chi connectivity index (χ3v) is 2.76. The first kappa shape index (κ1) is 9.49. The van der Waals surface area contributed by atoms with E-state index in [0.717, 1.165) is 12.1 Å². The zero-order valence-electron chi connectivity index (χ0n) is 8.59. The highest BCUT2D eigenvalue weighted by Gasteiger charge is 2.32. The van der Waals surface area contributed by atoms with Gasteiger partial charge >= 0.3 is 0 Å². The smallest absolute Gasteiger partial charge is 0.126 e. The van der Waals surface area contributed by atoms with Gasteiger partial charge in [-0.15, -0.1) is 0 Å². The molecule has 1 aliphatic heterocycles. The van der Waals surface area contributed by atoms with E-state index < -0.39 is 0 Å². The summed E-state index contributed by atoms with van der Waals surface area (Å²) in [6.07, 6.45) is 0.441. The van der Waals surface area contributed by atoms with Crippen LogP contribution in [0.15, 0.2) is 30.3 Å². The maximum atomic E-state index is 9.68. The predicted molar refractivity (Wildman–Crippen MR) is 56.8 cm³/mol. The molecule has 1 aromatic carbocycles. The lowest BCUT2D eigenvalue weighted by Crippen LogP contribution is -2.40. The largest absolute Gasteiger partial charge is 0.377 e. The van der Waals surface area contributed by atoms with E-state index in [0.29, 0.717) is 6.04 Å². The summed E-state index contributed by atoms with van der Waals surface area (Å²) in [6.45, 7) is 2.12. The Morgan fingerprint density at radius 2 is 1.93 bits per heavy atom. The normalized spacial score (nSPS) is 28.4. The van der Waals surface area contributed by atoms with Crippen LogP contribution in [0.5, 0.6) is 0 Å². The van der Waals surface area contributed by atoms with Gasteiger partial charge in [0.1, 0.15) is 6.23 Å². The highest BCUT2D eigenvalue weighted by Crippen LogP contribution is 2.27. The Balaban J connectivity index is 2.26. The van der Waals surface area contributed by atoms with Crippen LogP contribution in [0.2, 0.25) is 0 Å². The molecule has 1 heterocycles. The Bertz CT molecular complexity index is 301. The summed E-state index contributed by atoms with van der Waals surface area (Å²) in [5.74, 6) is 0. The second kappa shape index (κ2) is 3.59. The summed E-state index contributed by atoms with van der Waals surface area (Å²) in [4.78, 5) is 0. The lowest BCUT2D eigenvalue weighted by Gasteiger charge is -2.30. The number of anilines is 1. The summed E-state index contributed by atoms with van der Waals surface area (Å²) >= 11 is 0. The molecule has 1 aliphatic rings. The first-order valence-corrected chi connectivity index (χ1v) is 4.95. The number of nitrogens with zero attached hydrogens (tertiary/aromatic N) is 2. The van der Waals surface area contributed by atoms with Crippen molar-refractivity contribution >= 4 is 5.69 Å². The minimum absolute atomic E-state index is 0.356. The number of hydrogen-bond acceptors (Lipinski definition) is 3. The van der Waals surface area contributed by atoms with E-state index in [1.54, 1.807) is 0 Å². The predicted octanol–water partition coefficient (Wildman–Crippen LogP) is 1.45. The minimum atomic E-state index is -0.356. The maximum absolute atomic E-state index is 9.68. The van der Waals surface area contributed by atoms with Crippen molar-refractivity contribution in [1.29, 1.82) is 0 Å². The van der Waals surface area contributed by atoms with Gasteiger partial charge in [0, 0.05) is 19.5 Å². The molecule has 0 aliphatic carbocycles. The molecule has 2 rings (SSSR count). The molecule has 1 aromatic rings. The molecule has 0 saturated carbocycles. The van der Waals surface area contributed by atoms with Gasteiger partial charge in [0.15, 0.2) is 0 Å². The second-order valence-corrected chi connectivity index (χ2v) is 3.82. The van der Waals surface area contributed by atoms with Gasteiger partial charge in [-0.25, -0.2) is 0 Å². The van der Waals surface area contributed by atoms with Gasteiger partial charge in [-0.3, -0.25) is 0 Å². The summed E-state index contributed by atoms with van der Waals surface area (Å²) in [7, 11) is 1.92. The van der Waals surface area contributed by atoms with Crippen LogP contribution in [0.4, 0.5) is 5.69 Å². The van der Waals surface area contributed by atoms with Crippen molar-refractivity contribution in [3.63, 3.8) is 0 Å². The molecule has 14 heavy (non-hydrogen) atoms. The molecule has 0 amide bonds. The number of benzene rings is 1. The summed E-state index contributed by atoms with van der Waals surface area (Å²) in [5, 5.41) is 13.7. The van der Waals surface area contributed by atoms with Crippen molar-refractivity contribution in [3.8, 4) is 0 Å². The van der Waals surface area contributed by atoms with Crippen LogP contribution in [-0.2, 0) is 0 Å². The van der Waals surface area contributed by atoms with Crippen molar-refractivity contribution in [2.75, 3.05) is 12.1 Å². The van der Waals surface area contributed by atoms with Gasteiger partial charge in [0.25, 0.3) is 0 Å². The molecule has 0 radical (unpaired) electrons. The van der Waals surface area contributed by atoms with E-state index in [2.05, 4.69) is 24.1 Å². The Morgan fingerprint density at radius 3 is 2.43 bits per heavy atom. The fourth-order valence-corrected chi connectivity index (χ4v) is 2.03. The number of hydrazine groups is 1. The summed E-state index contributed by atoms with van der Waals surface area (Å²) < 4.78 is 0. The van der Waals surface area contributed by atoms with Gasteiger partial charge in [-0.1, -0.05) is 18.2 Å². The molecule has 0 spiro atoms. The molecule has 2 atom stereocenters. The van der Waals surface area contributed by atoms with Crippen LogP contribution in [0, 0.1) is 0 Å². The Labute approximate surface area is 84.5 Å². The number of para-hydroxylation sites is 1. The van der Waals surface area contributed by atoms with Crippen molar-refractivity contribution in [3.05, 3.63) is 30.3 Å². The SMILES string of the molecule is CC1CC(O)N(C)N1c1ccccc1. The minimum Gasteiger partial charge on any atom is -0.377 e. The van der Waals surface area contributed by atoms with Crippen molar-refractivity contribution in [2.45, 2.75) is 25.6 Å². The third kappa shape index (κ3) is 1.49. The maximum Gasteiger partial charge on any atom is 0.126 e. The van der Waals surface area contributed by atoms with Gasteiger partial charge in [0.05, 0.1) is 5.69 Å². The van der Waals surface area contributed by atoms with Gasteiger partial charge in [-0.05, 0) is 19.1 Å². The van der Waals surface area contributed by atoms with Crippen LogP contribution in [0.25, 0.3) is 0 Å². The average Bonchev–Trinajstić information content (AvgIpc) is 2.43. The molecule has 1 fully saturated rings. The Kier molecular flexibility index (Phi) is 2.44. The zero-order valence-corrected chi connectivity index (χ0v) is 8.59.